The van der Waals surface area contributed by atoms with Gasteiger partial charge in [-0.15, -0.1) is 0 Å². The van der Waals surface area contributed by atoms with Crippen LogP contribution in [0.5, 0.6) is 0 Å². The van der Waals surface area contributed by atoms with E-state index in [-0.39, 0.29) is 11.9 Å². The van der Waals surface area contributed by atoms with Crippen LogP contribution in [0.25, 0.3) is 0 Å². The van der Waals surface area contributed by atoms with Crippen LogP contribution in [0.15, 0.2) is 30.6 Å². The quantitative estimate of drug-likeness (QED) is 0.717. The zero-order valence-corrected chi connectivity index (χ0v) is 19.9. The third-order valence-corrected chi connectivity index (χ3v) is 7.58. The number of nitrogens with zero attached hydrogens (tertiary/aromatic N) is 6. The molecule has 0 aliphatic carbocycles. The molecule has 2 unspecified atom stereocenters. The molecule has 3 aliphatic heterocycles. The van der Waals surface area contributed by atoms with Gasteiger partial charge in [0.15, 0.2) is 0 Å². The van der Waals surface area contributed by atoms with Crippen molar-refractivity contribution >= 4 is 23.3 Å². The molecule has 33 heavy (non-hydrogen) atoms. The van der Waals surface area contributed by atoms with Gasteiger partial charge < -0.3 is 14.7 Å². The molecule has 3 aliphatic rings. The van der Waals surface area contributed by atoms with Crippen molar-refractivity contribution in [2.24, 2.45) is 11.8 Å². The molecule has 2 aromatic rings. The Kier molecular flexibility index (Phi) is 5.86. The number of likely N-dealkylation sites (tertiary alicyclic amines) is 2. The summed E-state index contributed by atoms with van der Waals surface area (Å²) in [6, 6.07) is 6.82. The molecule has 1 aromatic carbocycles. The Hall–Kier alpha value is -2.87. The Labute approximate surface area is 195 Å². The topological polar surface area (TPSA) is 64.9 Å². The number of amides is 2. The van der Waals surface area contributed by atoms with Crippen LogP contribution in [0.1, 0.15) is 30.9 Å². The molecule has 4 heterocycles. The first kappa shape index (κ1) is 21.9. The molecule has 8 nitrogen and oxygen atoms in total. The van der Waals surface area contributed by atoms with Gasteiger partial charge in [-0.05, 0) is 48.8 Å². The van der Waals surface area contributed by atoms with Crippen molar-refractivity contribution in [3.05, 3.63) is 41.7 Å². The molecular weight excluding hydrogens is 416 g/mol. The summed E-state index contributed by atoms with van der Waals surface area (Å²) in [5.74, 6) is 0.929. The lowest BCUT2D eigenvalue weighted by molar-refractivity contribution is -0.116. The molecule has 0 N–H and O–H groups in total. The summed E-state index contributed by atoms with van der Waals surface area (Å²) in [6.45, 7) is 10.6. The molecule has 2 amide bonds. The SMILES string of the molecule is CC(=O)N(C)c1cnn(C(=O)N2CC3CN(Cc4ccc(C)c(N5CCCC5)c4)CC3C2)c1. The zero-order chi connectivity index (χ0) is 23.1. The molecule has 3 fully saturated rings. The molecule has 2 atom stereocenters. The summed E-state index contributed by atoms with van der Waals surface area (Å²) in [5.41, 5.74) is 4.78. The number of carbonyl (C=O) groups is 2. The van der Waals surface area contributed by atoms with Crippen molar-refractivity contribution in [3.63, 3.8) is 0 Å². The third-order valence-electron chi connectivity index (χ3n) is 7.58. The summed E-state index contributed by atoms with van der Waals surface area (Å²) < 4.78 is 1.36. The third kappa shape index (κ3) is 4.36. The number of aromatic nitrogens is 2. The van der Waals surface area contributed by atoms with Crippen molar-refractivity contribution in [1.29, 1.82) is 0 Å². The van der Waals surface area contributed by atoms with E-state index in [1.165, 1.54) is 59.3 Å². The van der Waals surface area contributed by atoms with E-state index in [1.807, 2.05) is 4.90 Å². The van der Waals surface area contributed by atoms with E-state index >= 15 is 0 Å². The lowest BCUT2D eigenvalue weighted by Crippen LogP contribution is -2.36. The highest BCUT2D eigenvalue weighted by Gasteiger charge is 2.42. The maximum atomic E-state index is 13.0. The van der Waals surface area contributed by atoms with Crippen molar-refractivity contribution in [2.75, 3.05) is 56.1 Å². The lowest BCUT2D eigenvalue weighted by Gasteiger charge is -2.24. The first-order valence-corrected chi connectivity index (χ1v) is 12.0. The van der Waals surface area contributed by atoms with E-state index in [4.69, 9.17) is 0 Å². The van der Waals surface area contributed by atoms with Crippen LogP contribution in [-0.2, 0) is 11.3 Å². The molecule has 176 valence electrons. The second kappa shape index (κ2) is 8.82. The molecular formula is C25H34N6O2. The Bertz CT molecular complexity index is 1030. The van der Waals surface area contributed by atoms with Crippen molar-refractivity contribution < 1.29 is 9.59 Å². The normalized spacial score (nSPS) is 22.8. The molecule has 0 spiro atoms. The monoisotopic (exact) mass is 450 g/mol. The number of benzene rings is 1. The predicted molar refractivity (Wildman–Crippen MR) is 129 cm³/mol. The Balaban J connectivity index is 1.18. The van der Waals surface area contributed by atoms with E-state index in [2.05, 4.69) is 40.0 Å². The first-order valence-electron chi connectivity index (χ1n) is 12.0. The maximum absolute atomic E-state index is 13.0. The van der Waals surface area contributed by atoms with Crippen LogP contribution in [0.3, 0.4) is 0 Å². The summed E-state index contributed by atoms with van der Waals surface area (Å²) in [6.07, 6.45) is 5.79. The van der Waals surface area contributed by atoms with E-state index in [0.717, 1.165) is 32.7 Å². The van der Waals surface area contributed by atoms with Gasteiger partial charge in [0.05, 0.1) is 18.1 Å². The zero-order valence-electron chi connectivity index (χ0n) is 19.9. The van der Waals surface area contributed by atoms with Crippen LogP contribution < -0.4 is 9.80 Å². The second-order valence-electron chi connectivity index (χ2n) is 9.94. The van der Waals surface area contributed by atoms with Crippen LogP contribution in [0.2, 0.25) is 0 Å². The van der Waals surface area contributed by atoms with Gasteiger partial charge in [-0.1, -0.05) is 12.1 Å². The van der Waals surface area contributed by atoms with Gasteiger partial charge in [-0.3, -0.25) is 9.69 Å². The van der Waals surface area contributed by atoms with Gasteiger partial charge in [-0.25, -0.2) is 4.79 Å². The predicted octanol–water partition coefficient (Wildman–Crippen LogP) is 2.81. The number of fused-ring (bicyclic) bond motifs is 1. The molecule has 5 rings (SSSR count). The number of rotatable bonds is 4. The average molecular weight is 451 g/mol. The highest BCUT2D eigenvalue weighted by atomic mass is 16.2. The van der Waals surface area contributed by atoms with Gasteiger partial charge in [0.1, 0.15) is 0 Å². The second-order valence-corrected chi connectivity index (χ2v) is 9.94. The largest absolute Gasteiger partial charge is 0.371 e. The minimum atomic E-state index is -0.104. The minimum absolute atomic E-state index is 0.0843. The van der Waals surface area contributed by atoms with Crippen LogP contribution in [0, 0.1) is 18.8 Å². The summed E-state index contributed by atoms with van der Waals surface area (Å²) in [5, 5.41) is 4.19. The van der Waals surface area contributed by atoms with Crippen LogP contribution in [0.4, 0.5) is 16.2 Å². The van der Waals surface area contributed by atoms with Crippen molar-refractivity contribution in [3.8, 4) is 0 Å². The first-order chi connectivity index (χ1) is 15.9. The highest BCUT2D eigenvalue weighted by molar-refractivity contribution is 5.91. The average Bonchev–Trinajstić information content (AvgIpc) is 3.57. The fourth-order valence-electron chi connectivity index (χ4n) is 5.60. The number of hydrogen-bond acceptors (Lipinski definition) is 5. The van der Waals surface area contributed by atoms with E-state index in [9.17, 15) is 9.59 Å². The molecule has 1 aromatic heterocycles. The van der Waals surface area contributed by atoms with Crippen LogP contribution >= 0.6 is 0 Å². The smallest absolute Gasteiger partial charge is 0.344 e. The van der Waals surface area contributed by atoms with Crippen LogP contribution in [-0.4, -0.2) is 77.8 Å². The van der Waals surface area contributed by atoms with Gasteiger partial charge in [-0.2, -0.15) is 9.78 Å². The highest BCUT2D eigenvalue weighted by Crippen LogP contribution is 2.33. The molecule has 0 saturated carbocycles. The standard InChI is InChI=1S/C25H34N6O2/c1-18-6-7-20(10-24(18)29-8-4-5-9-29)12-28-13-21-15-30(16-22(21)14-28)25(33)31-17-23(11-26-31)27(3)19(2)32/h6-7,10-11,17,21-22H,4-5,8-9,12-16H2,1-3H3. The van der Waals surface area contributed by atoms with E-state index in [0.29, 0.717) is 17.5 Å². The van der Waals surface area contributed by atoms with E-state index in [1.54, 1.807) is 19.4 Å². The number of aryl methyl sites for hydroxylation is 1. The van der Waals surface area contributed by atoms with Crippen molar-refractivity contribution in [1.82, 2.24) is 19.6 Å². The number of carbonyl (C=O) groups excluding carboxylic acids is 2. The Morgan fingerprint density at radius 2 is 1.79 bits per heavy atom. The number of hydrogen-bond donors (Lipinski definition) is 0. The fraction of sp³-hybridized carbons (Fsp3) is 0.560. The Morgan fingerprint density at radius 3 is 2.45 bits per heavy atom. The summed E-state index contributed by atoms with van der Waals surface area (Å²) in [4.78, 5) is 33.0. The van der Waals surface area contributed by atoms with Gasteiger partial charge in [0, 0.05) is 65.5 Å². The van der Waals surface area contributed by atoms with Gasteiger partial charge >= 0.3 is 6.03 Å². The van der Waals surface area contributed by atoms with Crippen molar-refractivity contribution in [2.45, 2.75) is 33.2 Å². The molecule has 3 saturated heterocycles. The number of anilines is 2. The summed E-state index contributed by atoms with van der Waals surface area (Å²) >= 11 is 0. The minimum Gasteiger partial charge on any atom is -0.371 e. The lowest BCUT2D eigenvalue weighted by atomic mass is 10.0. The molecule has 0 bridgehead atoms. The van der Waals surface area contributed by atoms with E-state index < -0.39 is 0 Å². The van der Waals surface area contributed by atoms with Gasteiger partial charge in [0.2, 0.25) is 5.91 Å². The maximum Gasteiger partial charge on any atom is 0.344 e. The summed E-state index contributed by atoms with van der Waals surface area (Å²) in [7, 11) is 1.69. The molecule has 0 radical (unpaired) electrons. The molecule has 8 heteroatoms. The fourth-order valence-corrected chi connectivity index (χ4v) is 5.60. The Morgan fingerprint density at radius 1 is 1.09 bits per heavy atom. The van der Waals surface area contributed by atoms with Gasteiger partial charge in [0.25, 0.3) is 0 Å².